The first-order chi connectivity index (χ1) is 9.93. The molecule has 0 aromatic carbocycles. The fraction of sp³-hybridized carbons (Fsp3) is 0.417. The number of fused-ring (bicyclic) bond motifs is 1. The summed E-state index contributed by atoms with van der Waals surface area (Å²) in [5.74, 6) is -0.547. The van der Waals surface area contributed by atoms with Gasteiger partial charge in [0.2, 0.25) is 0 Å². The second kappa shape index (κ2) is 5.24. The van der Waals surface area contributed by atoms with Gasteiger partial charge in [0.05, 0.1) is 19.5 Å². The first kappa shape index (κ1) is 14.5. The molecule has 0 amide bonds. The zero-order valence-electron chi connectivity index (χ0n) is 11.7. The fourth-order valence-electron chi connectivity index (χ4n) is 2.08. The summed E-state index contributed by atoms with van der Waals surface area (Å²) in [4.78, 5) is 40.0. The van der Waals surface area contributed by atoms with E-state index >= 15 is 0 Å². The van der Waals surface area contributed by atoms with E-state index in [0.29, 0.717) is 0 Å². The number of imidazole rings is 1. The van der Waals surface area contributed by atoms with Crippen LogP contribution in [0.1, 0.15) is 13.0 Å². The molecular formula is C12H13N5O4. The number of aromatic nitrogens is 4. The highest BCUT2D eigenvalue weighted by Crippen LogP contribution is 2.14. The molecule has 0 unspecified atom stereocenters. The maximum Gasteiger partial charge on any atom is 0.333 e. The number of hydrogen-bond acceptors (Lipinski definition) is 6. The highest BCUT2D eigenvalue weighted by Gasteiger charge is 2.22. The largest absolute Gasteiger partial charge is 0.467 e. The van der Waals surface area contributed by atoms with Gasteiger partial charge >= 0.3 is 11.7 Å². The number of carbonyl (C=O) groups excluding carboxylic acids is 1. The molecule has 1 atom stereocenters. The zero-order valence-corrected chi connectivity index (χ0v) is 11.7. The van der Waals surface area contributed by atoms with Gasteiger partial charge in [-0.1, -0.05) is 0 Å². The number of carbonyl (C=O) groups is 1. The Hall–Kier alpha value is -2.89. The second-order valence-electron chi connectivity index (χ2n) is 4.41. The van der Waals surface area contributed by atoms with E-state index in [1.54, 1.807) is 13.0 Å². The van der Waals surface area contributed by atoms with Gasteiger partial charge in [0.25, 0.3) is 5.56 Å². The van der Waals surface area contributed by atoms with Gasteiger partial charge in [-0.05, 0) is 6.92 Å². The number of aryl methyl sites for hydroxylation is 1. The fourth-order valence-corrected chi connectivity index (χ4v) is 2.08. The maximum atomic E-state index is 12.4. The van der Waals surface area contributed by atoms with Crippen LogP contribution in [0.5, 0.6) is 0 Å². The highest BCUT2D eigenvalue weighted by molar-refractivity contribution is 5.78. The Bertz CT molecular complexity index is 867. The van der Waals surface area contributed by atoms with Crippen molar-refractivity contribution in [2.75, 3.05) is 7.11 Å². The Morgan fingerprint density at radius 1 is 1.52 bits per heavy atom. The molecule has 0 spiro atoms. The molecule has 0 aliphatic carbocycles. The van der Waals surface area contributed by atoms with Crippen molar-refractivity contribution in [3.8, 4) is 6.07 Å². The summed E-state index contributed by atoms with van der Waals surface area (Å²) in [6.45, 7) is 1.17. The van der Waals surface area contributed by atoms with E-state index in [-0.39, 0.29) is 17.7 Å². The number of nitrogens with zero attached hydrogens (tertiary/aromatic N) is 5. The lowest BCUT2D eigenvalue weighted by Crippen LogP contribution is -2.39. The minimum absolute atomic E-state index is 0.0743. The van der Waals surface area contributed by atoms with Crippen molar-refractivity contribution in [1.29, 1.82) is 5.26 Å². The quantitative estimate of drug-likeness (QED) is 0.681. The molecule has 0 saturated carbocycles. The Kier molecular flexibility index (Phi) is 3.62. The van der Waals surface area contributed by atoms with Crippen LogP contribution in [0, 0.1) is 11.3 Å². The third kappa shape index (κ3) is 2.10. The lowest BCUT2D eigenvalue weighted by atomic mass is 10.3. The van der Waals surface area contributed by atoms with E-state index in [0.717, 1.165) is 9.13 Å². The van der Waals surface area contributed by atoms with Crippen LogP contribution in [0.3, 0.4) is 0 Å². The molecule has 0 radical (unpaired) electrons. The molecule has 0 N–H and O–H groups in total. The number of hydrogen-bond donors (Lipinski definition) is 0. The van der Waals surface area contributed by atoms with Gasteiger partial charge in [-0.2, -0.15) is 5.26 Å². The monoisotopic (exact) mass is 291 g/mol. The minimum Gasteiger partial charge on any atom is -0.467 e. The molecule has 9 heteroatoms. The standard InChI is InChI=1S/C12H13N5O4/c1-7(11(19)21-3)17-6-14-9-8(17)10(18)16(5-4-13)12(20)15(9)2/h6-7H,5H2,1-3H3/t7-/m0/s1. The van der Waals surface area contributed by atoms with E-state index in [2.05, 4.69) is 9.72 Å². The van der Waals surface area contributed by atoms with Gasteiger partial charge < -0.3 is 9.30 Å². The summed E-state index contributed by atoms with van der Waals surface area (Å²) >= 11 is 0. The van der Waals surface area contributed by atoms with Crippen LogP contribution in [0.25, 0.3) is 11.2 Å². The van der Waals surface area contributed by atoms with E-state index in [9.17, 15) is 14.4 Å². The average Bonchev–Trinajstić information content (AvgIpc) is 2.92. The normalized spacial score (nSPS) is 12.1. The van der Waals surface area contributed by atoms with Crippen LogP contribution in [0.4, 0.5) is 0 Å². The van der Waals surface area contributed by atoms with Gasteiger partial charge in [-0.15, -0.1) is 0 Å². The van der Waals surface area contributed by atoms with Crippen molar-refractivity contribution in [2.24, 2.45) is 7.05 Å². The second-order valence-corrected chi connectivity index (χ2v) is 4.41. The summed E-state index contributed by atoms with van der Waals surface area (Å²) in [5, 5.41) is 8.73. The summed E-state index contributed by atoms with van der Waals surface area (Å²) in [6.07, 6.45) is 1.30. The first-order valence-corrected chi connectivity index (χ1v) is 6.05. The smallest absolute Gasteiger partial charge is 0.333 e. The lowest BCUT2D eigenvalue weighted by molar-refractivity contribution is -0.143. The number of ether oxygens (including phenoxy) is 1. The minimum atomic E-state index is -0.777. The molecule has 0 aliphatic rings. The van der Waals surface area contributed by atoms with Crippen molar-refractivity contribution >= 4 is 17.1 Å². The summed E-state index contributed by atoms with van der Waals surface area (Å²) in [6, 6.07) is 0.984. The van der Waals surface area contributed by atoms with E-state index < -0.39 is 23.3 Å². The molecule has 0 fully saturated rings. The summed E-state index contributed by atoms with van der Waals surface area (Å²) in [7, 11) is 2.68. The van der Waals surface area contributed by atoms with Crippen LogP contribution in [-0.4, -0.2) is 31.8 Å². The number of esters is 1. The molecule has 21 heavy (non-hydrogen) atoms. The van der Waals surface area contributed by atoms with E-state index in [1.807, 2.05) is 0 Å². The molecule has 2 aromatic rings. The Morgan fingerprint density at radius 3 is 2.76 bits per heavy atom. The van der Waals surface area contributed by atoms with Crippen LogP contribution in [0.15, 0.2) is 15.9 Å². The lowest BCUT2D eigenvalue weighted by Gasteiger charge is -2.12. The van der Waals surface area contributed by atoms with Gasteiger partial charge in [0.15, 0.2) is 11.2 Å². The molecule has 9 nitrogen and oxygen atoms in total. The van der Waals surface area contributed by atoms with E-state index in [1.165, 1.54) is 25.1 Å². The van der Waals surface area contributed by atoms with Gasteiger partial charge in [-0.3, -0.25) is 9.36 Å². The third-order valence-electron chi connectivity index (χ3n) is 3.25. The molecule has 0 aliphatic heterocycles. The van der Waals surface area contributed by atoms with Gasteiger partial charge in [0.1, 0.15) is 12.6 Å². The molecule has 0 bridgehead atoms. The van der Waals surface area contributed by atoms with Crippen LogP contribution in [-0.2, 0) is 23.1 Å². The average molecular weight is 291 g/mol. The topological polar surface area (TPSA) is 112 Å². The molecule has 0 saturated heterocycles. The van der Waals surface area contributed by atoms with Crippen molar-refractivity contribution in [2.45, 2.75) is 19.5 Å². The predicted molar refractivity (Wildman–Crippen MR) is 71.6 cm³/mol. The molecule has 2 heterocycles. The molecule has 2 aromatic heterocycles. The summed E-state index contributed by atoms with van der Waals surface area (Å²) in [5.41, 5.74) is -1.08. The number of nitriles is 1. The van der Waals surface area contributed by atoms with E-state index in [4.69, 9.17) is 5.26 Å². The predicted octanol–water partition coefficient (Wildman–Crippen LogP) is -0.846. The van der Waals surface area contributed by atoms with Crippen LogP contribution >= 0.6 is 0 Å². The summed E-state index contributed by atoms with van der Waals surface area (Å²) < 4.78 is 7.93. The Balaban J connectivity index is 2.85. The van der Waals surface area contributed by atoms with Crippen LogP contribution < -0.4 is 11.2 Å². The number of methoxy groups -OCH3 is 1. The molecular weight excluding hydrogens is 278 g/mol. The Labute approximate surface area is 118 Å². The van der Waals surface area contributed by atoms with Gasteiger partial charge in [-0.25, -0.2) is 19.1 Å². The van der Waals surface area contributed by atoms with Gasteiger partial charge in [0, 0.05) is 7.05 Å². The number of rotatable bonds is 3. The molecule has 2 rings (SSSR count). The molecule has 110 valence electrons. The zero-order chi connectivity index (χ0) is 15.7. The highest BCUT2D eigenvalue weighted by atomic mass is 16.5. The van der Waals surface area contributed by atoms with Crippen molar-refractivity contribution in [3.63, 3.8) is 0 Å². The maximum absolute atomic E-state index is 12.4. The third-order valence-corrected chi connectivity index (χ3v) is 3.25. The van der Waals surface area contributed by atoms with Crippen molar-refractivity contribution in [3.05, 3.63) is 27.2 Å². The van der Waals surface area contributed by atoms with Crippen LogP contribution in [0.2, 0.25) is 0 Å². The SMILES string of the molecule is COC(=O)[C@H](C)n1cnc2c1c(=O)n(CC#N)c(=O)n2C. The Morgan fingerprint density at radius 2 is 2.19 bits per heavy atom. The van der Waals surface area contributed by atoms with Crippen molar-refractivity contribution in [1.82, 2.24) is 18.7 Å². The first-order valence-electron chi connectivity index (χ1n) is 6.05. The van der Waals surface area contributed by atoms with Crippen molar-refractivity contribution < 1.29 is 9.53 Å².